The third kappa shape index (κ3) is 8.94. The first kappa shape index (κ1) is 32.4. The molecule has 0 amide bonds. The molecule has 4 rings (SSSR count). The van der Waals surface area contributed by atoms with Gasteiger partial charge < -0.3 is 15.0 Å². The van der Waals surface area contributed by atoms with E-state index in [1.807, 2.05) is 72.8 Å². The maximum atomic E-state index is 11.4. The number of carboxylic acid groups (broad SMARTS) is 1. The van der Waals surface area contributed by atoms with Crippen molar-refractivity contribution in [3.8, 4) is 0 Å². The Kier molecular flexibility index (Phi) is 11.9. The molecular formula is C33H33ClNNaO3S. The first-order valence-corrected chi connectivity index (χ1v) is 14.5. The monoisotopic (exact) mass is 581 g/mol. The van der Waals surface area contributed by atoms with Crippen molar-refractivity contribution in [2.24, 2.45) is 5.92 Å². The van der Waals surface area contributed by atoms with E-state index in [1.165, 1.54) is 0 Å². The van der Waals surface area contributed by atoms with Crippen molar-refractivity contribution in [3.05, 3.63) is 112 Å². The third-order valence-electron chi connectivity index (χ3n) is 6.71. The van der Waals surface area contributed by atoms with Crippen molar-refractivity contribution in [2.45, 2.75) is 44.5 Å². The Bertz CT molecular complexity index is 1480. The summed E-state index contributed by atoms with van der Waals surface area (Å²) < 4.78 is 0. The van der Waals surface area contributed by atoms with Crippen molar-refractivity contribution in [1.29, 1.82) is 0 Å². The van der Waals surface area contributed by atoms with E-state index in [4.69, 9.17) is 16.6 Å². The molecular weight excluding hydrogens is 549 g/mol. The number of carboxylic acids is 1. The van der Waals surface area contributed by atoms with E-state index < -0.39 is 17.5 Å². The third-order valence-corrected chi connectivity index (χ3v) is 8.54. The average Bonchev–Trinajstić information content (AvgIpc) is 2.91. The maximum Gasteiger partial charge on any atom is 1.00 e. The minimum atomic E-state index is -1.03. The molecule has 0 spiro atoms. The van der Waals surface area contributed by atoms with Gasteiger partial charge in [0.1, 0.15) is 0 Å². The SMILES string of the molecule is CC(CSC(CCc1ccccc1C(C)(C)O)c1cccc(C=Cc2ccc3ccc(Cl)cc3n2)c1)C(=O)[O-].[Na+]. The number of aliphatic carboxylic acids is 1. The summed E-state index contributed by atoms with van der Waals surface area (Å²) in [4.78, 5) is 16.1. The Labute approximate surface area is 268 Å². The van der Waals surface area contributed by atoms with Crippen LogP contribution in [0.5, 0.6) is 0 Å². The predicted molar refractivity (Wildman–Crippen MR) is 162 cm³/mol. The number of thioether (sulfide) groups is 1. The molecule has 1 N–H and O–H groups in total. The van der Waals surface area contributed by atoms with E-state index in [-0.39, 0.29) is 34.8 Å². The number of rotatable bonds is 11. The largest absolute Gasteiger partial charge is 1.00 e. The number of carbonyl (C=O) groups is 1. The van der Waals surface area contributed by atoms with Crippen LogP contribution in [0.15, 0.2) is 78.9 Å². The summed E-state index contributed by atoms with van der Waals surface area (Å²) in [6, 6.07) is 26.0. The summed E-state index contributed by atoms with van der Waals surface area (Å²) in [5.41, 5.74) is 4.94. The second-order valence-electron chi connectivity index (χ2n) is 10.4. The van der Waals surface area contributed by atoms with Crippen LogP contribution in [-0.4, -0.2) is 21.8 Å². The molecule has 4 aromatic rings. The molecule has 0 saturated heterocycles. The van der Waals surface area contributed by atoms with Crippen LogP contribution in [0.1, 0.15) is 60.4 Å². The van der Waals surface area contributed by atoms with Crippen LogP contribution in [0.3, 0.4) is 0 Å². The molecule has 7 heteroatoms. The molecule has 0 aliphatic rings. The van der Waals surface area contributed by atoms with Crippen molar-refractivity contribution >= 4 is 52.4 Å². The molecule has 0 fully saturated rings. The average molecular weight is 582 g/mol. The van der Waals surface area contributed by atoms with Gasteiger partial charge in [0, 0.05) is 33.3 Å². The summed E-state index contributed by atoms with van der Waals surface area (Å²) in [5, 5.41) is 23.8. The van der Waals surface area contributed by atoms with Crippen molar-refractivity contribution in [2.75, 3.05) is 5.75 Å². The summed E-state index contributed by atoms with van der Waals surface area (Å²) in [7, 11) is 0. The number of fused-ring (bicyclic) bond motifs is 1. The maximum absolute atomic E-state index is 11.4. The van der Waals surface area contributed by atoms with Gasteiger partial charge in [-0.05, 0) is 73.2 Å². The molecule has 2 unspecified atom stereocenters. The summed E-state index contributed by atoms with van der Waals surface area (Å²) in [5.74, 6) is -1.12. The number of benzene rings is 3. The number of halogens is 1. The van der Waals surface area contributed by atoms with Gasteiger partial charge in [-0.3, -0.25) is 0 Å². The summed E-state index contributed by atoms with van der Waals surface area (Å²) in [6.07, 6.45) is 5.59. The second-order valence-corrected chi connectivity index (χ2v) is 12.0. The van der Waals surface area contributed by atoms with E-state index in [9.17, 15) is 15.0 Å². The first-order chi connectivity index (χ1) is 18.6. The van der Waals surface area contributed by atoms with Gasteiger partial charge in [-0.15, -0.1) is 0 Å². The molecule has 4 nitrogen and oxygen atoms in total. The molecule has 0 aliphatic carbocycles. The van der Waals surface area contributed by atoms with Crippen molar-refractivity contribution in [3.63, 3.8) is 0 Å². The Morgan fingerprint density at radius 2 is 1.80 bits per heavy atom. The fourth-order valence-electron chi connectivity index (χ4n) is 4.54. The van der Waals surface area contributed by atoms with E-state index in [0.29, 0.717) is 10.8 Å². The van der Waals surface area contributed by atoms with E-state index >= 15 is 0 Å². The van der Waals surface area contributed by atoms with Crippen LogP contribution < -0.4 is 34.7 Å². The van der Waals surface area contributed by atoms with Crippen LogP contribution in [0.25, 0.3) is 23.1 Å². The Morgan fingerprint density at radius 3 is 2.55 bits per heavy atom. The second kappa shape index (κ2) is 14.7. The minimum Gasteiger partial charge on any atom is -0.550 e. The first-order valence-electron chi connectivity index (χ1n) is 13.1. The molecule has 2 atom stereocenters. The number of hydrogen-bond donors (Lipinski definition) is 1. The number of aliphatic hydroxyl groups is 1. The molecule has 0 aliphatic heterocycles. The molecule has 0 saturated carbocycles. The standard InChI is InChI=1S/C33H34ClNO3S.Na/c1-22(32(36)37)21-39-31(18-14-24-8-4-5-10-29(24)33(2,3)38)26-9-6-7-23(19-26)11-16-28-17-13-25-12-15-27(34)20-30(25)35-28;/h4-13,15-17,19-20,22,31,38H,14,18,21H2,1-3H3,(H,36,37);/q;+1/p-1. The molecule has 202 valence electrons. The number of aromatic nitrogens is 1. The summed E-state index contributed by atoms with van der Waals surface area (Å²) in [6.45, 7) is 5.29. The molecule has 3 aromatic carbocycles. The molecule has 40 heavy (non-hydrogen) atoms. The van der Waals surface area contributed by atoms with Crippen LogP contribution >= 0.6 is 23.4 Å². The van der Waals surface area contributed by atoms with Gasteiger partial charge in [-0.25, -0.2) is 4.98 Å². The van der Waals surface area contributed by atoms with Crippen LogP contribution in [0.2, 0.25) is 5.02 Å². The minimum absolute atomic E-state index is 0. The normalized spacial score (nSPS) is 13.2. The van der Waals surface area contributed by atoms with Gasteiger partial charge in [0.15, 0.2) is 0 Å². The predicted octanol–water partition coefficient (Wildman–Crippen LogP) is 4.08. The zero-order chi connectivity index (χ0) is 28.0. The van der Waals surface area contributed by atoms with E-state index in [0.717, 1.165) is 51.7 Å². The quantitative estimate of drug-likeness (QED) is 0.270. The molecule has 1 heterocycles. The van der Waals surface area contributed by atoms with Crippen LogP contribution in [0.4, 0.5) is 0 Å². The van der Waals surface area contributed by atoms with Crippen molar-refractivity contribution < 1.29 is 44.6 Å². The Hall–Kier alpha value is -2.12. The van der Waals surface area contributed by atoms with Gasteiger partial charge in [0.2, 0.25) is 0 Å². The van der Waals surface area contributed by atoms with E-state index in [2.05, 4.69) is 18.2 Å². The number of pyridine rings is 1. The number of carbonyl (C=O) groups excluding carboxylic acids is 1. The van der Waals surface area contributed by atoms with Gasteiger partial charge in [-0.2, -0.15) is 11.8 Å². The zero-order valence-electron chi connectivity index (χ0n) is 23.4. The fourth-order valence-corrected chi connectivity index (χ4v) is 5.99. The van der Waals surface area contributed by atoms with Gasteiger partial charge in [0.05, 0.1) is 16.8 Å². The number of aryl methyl sites for hydroxylation is 1. The fraction of sp³-hybridized carbons (Fsp3) is 0.273. The van der Waals surface area contributed by atoms with Gasteiger partial charge in [-0.1, -0.05) is 85.3 Å². The van der Waals surface area contributed by atoms with Crippen LogP contribution in [0, 0.1) is 5.92 Å². The summed E-state index contributed by atoms with van der Waals surface area (Å²) >= 11 is 7.78. The van der Waals surface area contributed by atoms with Crippen molar-refractivity contribution in [1.82, 2.24) is 4.98 Å². The van der Waals surface area contributed by atoms with E-state index in [1.54, 1.807) is 32.5 Å². The topological polar surface area (TPSA) is 73.2 Å². The zero-order valence-corrected chi connectivity index (χ0v) is 27.0. The Balaban J connectivity index is 0.00000441. The van der Waals surface area contributed by atoms with Gasteiger partial charge in [0.25, 0.3) is 0 Å². The number of nitrogens with zero attached hydrogens (tertiary/aromatic N) is 1. The molecule has 0 bridgehead atoms. The molecule has 1 aromatic heterocycles. The van der Waals surface area contributed by atoms with Gasteiger partial charge >= 0.3 is 29.6 Å². The smallest absolute Gasteiger partial charge is 0.550 e. The van der Waals surface area contributed by atoms with Crippen LogP contribution in [-0.2, 0) is 16.8 Å². The number of hydrogen-bond acceptors (Lipinski definition) is 5. The Morgan fingerprint density at radius 1 is 1.05 bits per heavy atom. The molecule has 0 radical (unpaired) electrons.